The third kappa shape index (κ3) is 5.36. The number of guanidine groups is 1. The smallest absolute Gasteiger partial charge is 0.191 e. The lowest BCUT2D eigenvalue weighted by Crippen LogP contribution is -2.39. The molecule has 1 fully saturated rings. The number of benzene rings is 2. The first-order valence-electron chi connectivity index (χ1n) is 8.46. The second kappa shape index (κ2) is 9.65. The van der Waals surface area contributed by atoms with Crippen LogP contribution in [0, 0.1) is 0 Å². The fraction of sp³-hybridized carbons (Fsp3) is 0.350. The van der Waals surface area contributed by atoms with Gasteiger partial charge in [0.1, 0.15) is 5.75 Å². The topological polar surface area (TPSA) is 45.7 Å². The van der Waals surface area contributed by atoms with E-state index >= 15 is 0 Å². The molecule has 0 spiro atoms. The van der Waals surface area contributed by atoms with Crippen molar-refractivity contribution in [2.24, 2.45) is 4.99 Å². The molecule has 2 aromatic carbocycles. The van der Waals surface area contributed by atoms with Crippen molar-refractivity contribution in [1.29, 1.82) is 0 Å². The minimum atomic E-state index is 0. The van der Waals surface area contributed by atoms with Crippen LogP contribution in [0.25, 0.3) is 0 Å². The van der Waals surface area contributed by atoms with Crippen LogP contribution in [0.3, 0.4) is 0 Å². The molecule has 0 bridgehead atoms. The number of para-hydroxylation sites is 1. The maximum atomic E-state index is 5.39. The van der Waals surface area contributed by atoms with Crippen LogP contribution in [0.2, 0.25) is 0 Å². The van der Waals surface area contributed by atoms with Crippen LogP contribution >= 0.6 is 24.0 Å². The average Bonchev–Trinajstić information content (AvgIpc) is 3.41. The number of hydrogen-bond acceptors (Lipinski definition) is 2. The average molecular weight is 451 g/mol. The van der Waals surface area contributed by atoms with Gasteiger partial charge in [0.2, 0.25) is 0 Å². The molecule has 0 radical (unpaired) electrons. The maximum Gasteiger partial charge on any atom is 0.191 e. The third-order valence-electron chi connectivity index (χ3n) is 4.44. The highest BCUT2D eigenvalue weighted by Gasteiger charge is 2.38. The molecule has 134 valence electrons. The minimum absolute atomic E-state index is 0. The molecule has 2 aromatic rings. The van der Waals surface area contributed by atoms with Crippen molar-refractivity contribution in [3.63, 3.8) is 0 Å². The number of aliphatic imine (C=N–C) groups is 1. The van der Waals surface area contributed by atoms with Crippen molar-refractivity contribution in [1.82, 2.24) is 10.6 Å². The number of rotatable bonds is 6. The van der Waals surface area contributed by atoms with E-state index in [9.17, 15) is 0 Å². The Morgan fingerprint density at radius 2 is 1.84 bits per heavy atom. The van der Waals surface area contributed by atoms with Crippen LogP contribution in [0.15, 0.2) is 59.6 Å². The molecule has 4 nitrogen and oxygen atoms in total. The molecule has 2 atom stereocenters. The lowest BCUT2D eigenvalue weighted by Gasteiger charge is -2.13. The van der Waals surface area contributed by atoms with E-state index in [2.05, 4.69) is 52.0 Å². The van der Waals surface area contributed by atoms with Crippen molar-refractivity contribution in [3.8, 4) is 5.75 Å². The van der Waals surface area contributed by atoms with E-state index in [1.807, 2.05) is 25.2 Å². The fourth-order valence-electron chi connectivity index (χ4n) is 3.02. The third-order valence-corrected chi connectivity index (χ3v) is 4.44. The number of hydrogen-bond donors (Lipinski definition) is 2. The van der Waals surface area contributed by atoms with Crippen LogP contribution < -0.4 is 15.4 Å². The molecule has 0 amide bonds. The first-order chi connectivity index (χ1) is 11.8. The highest BCUT2D eigenvalue weighted by molar-refractivity contribution is 14.0. The summed E-state index contributed by atoms with van der Waals surface area (Å²) in [6.07, 6.45) is 2.06. The van der Waals surface area contributed by atoms with Gasteiger partial charge in [0.25, 0.3) is 0 Å². The number of halogens is 1. The zero-order valence-electron chi connectivity index (χ0n) is 14.7. The largest absolute Gasteiger partial charge is 0.496 e. The van der Waals surface area contributed by atoms with Crippen LogP contribution in [-0.4, -0.2) is 32.7 Å². The second-order valence-electron chi connectivity index (χ2n) is 6.06. The molecule has 3 rings (SSSR count). The minimum Gasteiger partial charge on any atom is -0.496 e. The van der Waals surface area contributed by atoms with Gasteiger partial charge in [0, 0.05) is 25.6 Å². The number of nitrogens with zero attached hydrogens (tertiary/aromatic N) is 1. The van der Waals surface area contributed by atoms with Crippen LogP contribution in [-0.2, 0) is 6.42 Å². The number of ether oxygens (including phenoxy) is 1. The fourth-order valence-corrected chi connectivity index (χ4v) is 3.02. The maximum absolute atomic E-state index is 5.39. The van der Waals surface area contributed by atoms with Crippen molar-refractivity contribution in [2.75, 3.05) is 20.7 Å². The Hall–Kier alpha value is -1.76. The van der Waals surface area contributed by atoms with Gasteiger partial charge >= 0.3 is 0 Å². The normalized spacial score (nSPS) is 18.9. The van der Waals surface area contributed by atoms with Gasteiger partial charge in [-0.15, -0.1) is 24.0 Å². The van der Waals surface area contributed by atoms with Gasteiger partial charge < -0.3 is 15.4 Å². The monoisotopic (exact) mass is 451 g/mol. The summed E-state index contributed by atoms with van der Waals surface area (Å²) in [5, 5.41) is 6.91. The quantitative estimate of drug-likeness (QED) is 0.401. The zero-order chi connectivity index (χ0) is 16.8. The molecule has 1 saturated carbocycles. The summed E-state index contributed by atoms with van der Waals surface area (Å²) in [7, 11) is 3.53. The van der Waals surface area contributed by atoms with Crippen molar-refractivity contribution in [2.45, 2.75) is 24.8 Å². The highest BCUT2D eigenvalue weighted by Crippen LogP contribution is 2.40. The Morgan fingerprint density at radius 1 is 1.12 bits per heavy atom. The van der Waals surface area contributed by atoms with E-state index in [0.29, 0.717) is 12.0 Å². The van der Waals surface area contributed by atoms with E-state index in [1.54, 1.807) is 7.11 Å². The molecule has 1 aliphatic rings. The summed E-state index contributed by atoms with van der Waals surface area (Å²) < 4.78 is 5.39. The number of nitrogens with one attached hydrogen (secondary N) is 2. The molecule has 0 saturated heterocycles. The SMILES string of the molecule is CN=C(NCCc1ccccc1OC)NC1CC1c1ccccc1.I. The van der Waals surface area contributed by atoms with Gasteiger partial charge in [0.15, 0.2) is 5.96 Å². The Labute approximate surface area is 167 Å². The van der Waals surface area contributed by atoms with E-state index in [-0.39, 0.29) is 24.0 Å². The predicted octanol–water partition coefficient (Wildman–Crippen LogP) is 3.58. The second-order valence-corrected chi connectivity index (χ2v) is 6.06. The Bertz CT molecular complexity index is 690. The molecular formula is C20H26IN3O. The summed E-state index contributed by atoms with van der Waals surface area (Å²) in [6.45, 7) is 0.822. The van der Waals surface area contributed by atoms with Gasteiger partial charge in [-0.05, 0) is 30.0 Å². The molecule has 0 aliphatic heterocycles. The summed E-state index contributed by atoms with van der Waals surface area (Å²) in [5.41, 5.74) is 2.61. The van der Waals surface area contributed by atoms with E-state index < -0.39 is 0 Å². The Morgan fingerprint density at radius 3 is 2.56 bits per heavy atom. The van der Waals surface area contributed by atoms with Crippen LogP contribution in [0.1, 0.15) is 23.5 Å². The molecule has 5 heteroatoms. The van der Waals surface area contributed by atoms with Gasteiger partial charge in [-0.1, -0.05) is 48.5 Å². The van der Waals surface area contributed by atoms with Crippen molar-refractivity contribution >= 4 is 29.9 Å². The van der Waals surface area contributed by atoms with E-state index in [1.165, 1.54) is 11.1 Å². The van der Waals surface area contributed by atoms with Crippen LogP contribution in [0.5, 0.6) is 5.75 Å². The lowest BCUT2D eigenvalue weighted by atomic mass is 10.1. The van der Waals surface area contributed by atoms with E-state index in [4.69, 9.17) is 4.74 Å². The summed E-state index contributed by atoms with van der Waals surface area (Å²) >= 11 is 0. The molecule has 25 heavy (non-hydrogen) atoms. The van der Waals surface area contributed by atoms with Gasteiger partial charge in [-0.2, -0.15) is 0 Å². The first kappa shape index (κ1) is 19.6. The highest BCUT2D eigenvalue weighted by atomic mass is 127. The summed E-state index contributed by atoms with van der Waals surface area (Å²) in [4.78, 5) is 4.33. The molecule has 1 aliphatic carbocycles. The standard InChI is InChI=1S/C20H25N3O.HI/c1-21-20(22-13-12-16-10-6-7-11-19(16)24-2)23-18-14-17(18)15-8-4-3-5-9-15;/h3-11,17-18H,12-14H2,1-2H3,(H2,21,22,23);1H. The summed E-state index contributed by atoms with van der Waals surface area (Å²) in [6, 6.07) is 19.3. The molecule has 2 unspecified atom stereocenters. The molecule has 2 N–H and O–H groups in total. The van der Waals surface area contributed by atoms with Crippen molar-refractivity contribution in [3.05, 3.63) is 65.7 Å². The predicted molar refractivity (Wildman–Crippen MR) is 114 cm³/mol. The lowest BCUT2D eigenvalue weighted by molar-refractivity contribution is 0.409. The van der Waals surface area contributed by atoms with E-state index in [0.717, 1.165) is 31.1 Å². The van der Waals surface area contributed by atoms with Gasteiger partial charge in [-0.3, -0.25) is 4.99 Å². The van der Waals surface area contributed by atoms with Gasteiger partial charge in [-0.25, -0.2) is 0 Å². The Balaban J connectivity index is 0.00000225. The first-order valence-corrected chi connectivity index (χ1v) is 8.46. The molecule has 0 aromatic heterocycles. The Kier molecular flexibility index (Phi) is 7.55. The summed E-state index contributed by atoms with van der Waals surface area (Å²) in [5.74, 6) is 2.40. The molecule has 0 heterocycles. The molecular weight excluding hydrogens is 425 g/mol. The number of methoxy groups -OCH3 is 1. The van der Waals surface area contributed by atoms with Crippen molar-refractivity contribution < 1.29 is 4.74 Å². The van der Waals surface area contributed by atoms with Gasteiger partial charge in [0.05, 0.1) is 7.11 Å². The zero-order valence-corrected chi connectivity index (χ0v) is 17.1. The van der Waals surface area contributed by atoms with Crippen LogP contribution in [0.4, 0.5) is 0 Å².